The maximum atomic E-state index is 13.2. The fourth-order valence-corrected chi connectivity index (χ4v) is 4.39. The molecule has 1 unspecified atom stereocenters. The Balaban J connectivity index is 1.71. The van der Waals surface area contributed by atoms with Gasteiger partial charge < -0.3 is 14.6 Å². The summed E-state index contributed by atoms with van der Waals surface area (Å²) in [5.41, 5.74) is 1.21. The minimum Gasteiger partial charge on any atom is -0.395 e. The first kappa shape index (κ1) is 18.6. The SMILES string of the molecule is C=C(C1CCC(CCC)CC1)C(O)c1cc2c(cc1Br)OC(F)(F)O2. The number of aliphatic hydroxyl groups is 1. The van der Waals surface area contributed by atoms with Crippen LogP contribution in [-0.2, 0) is 0 Å². The number of aliphatic hydroxyl groups excluding tert-OH is 1. The predicted molar refractivity (Wildman–Crippen MR) is 94.8 cm³/mol. The molecule has 0 saturated heterocycles. The number of hydrogen-bond acceptors (Lipinski definition) is 3. The molecule has 6 heteroatoms. The lowest BCUT2D eigenvalue weighted by molar-refractivity contribution is -0.286. The van der Waals surface area contributed by atoms with Crippen LogP contribution in [0.15, 0.2) is 28.8 Å². The Bertz CT molecular complexity index is 654. The van der Waals surface area contributed by atoms with Crippen LogP contribution in [0.4, 0.5) is 8.78 Å². The van der Waals surface area contributed by atoms with Gasteiger partial charge in [0.2, 0.25) is 0 Å². The number of ether oxygens (including phenoxy) is 2. The van der Waals surface area contributed by atoms with E-state index in [1.54, 1.807) is 0 Å². The van der Waals surface area contributed by atoms with Crippen LogP contribution in [0.1, 0.15) is 57.1 Å². The Hall–Kier alpha value is -1.14. The van der Waals surface area contributed by atoms with E-state index in [-0.39, 0.29) is 17.4 Å². The zero-order valence-electron chi connectivity index (χ0n) is 14.2. The first-order valence-corrected chi connectivity index (χ1v) is 9.56. The summed E-state index contributed by atoms with van der Waals surface area (Å²) < 4.78 is 35.8. The molecule has 25 heavy (non-hydrogen) atoms. The van der Waals surface area contributed by atoms with Gasteiger partial charge in [-0.2, -0.15) is 0 Å². The van der Waals surface area contributed by atoms with Gasteiger partial charge in [0.05, 0.1) is 0 Å². The molecule has 1 aromatic carbocycles. The van der Waals surface area contributed by atoms with E-state index >= 15 is 0 Å². The zero-order chi connectivity index (χ0) is 18.2. The van der Waals surface area contributed by atoms with E-state index in [4.69, 9.17) is 0 Å². The fraction of sp³-hybridized carbons (Fsp3) is 0.579. The van der Waals surface area contributed by atoms with Crippen LogP contribution in [0, 0.1) is 11.8 Å². The quantitative estimate of drug-likeness (QED) is 0.601. The first-order valence-electron chi connectivity index (χ1n) is 8.76. The van der Waals surface area contributed by atoms with Crippen molar-refractivity contribution in [2.24, 2.45) is 11.8 Å². The average Bonchev–Trinajstić information content (AvgIpc) is 2.86. The molecule has 1 N–H and O–H groups in total. The van der Waals surface area contributed by atoms with Crippen molar-refractivity contribution in [3.05, 3.63) is 34.3 Å². The maximum Gasteiger partial charge on any atom is 0.586 e. The highest BCUT2D eigenvalue weighted by Crippen LogP contribution is 2.47. The van der Waals surface area contributed by atoms with Crippen LogP contribution in [0.25, 0.3) is 0 Å². The second-order valence-electron chi connectivity index (χ2n) is 6.97. The molecule has 1 atom stereocenters. The van der Waals surface area contributed by atoms with Crippen LogP contribution in [0.2, 0.25) is 0 Å². The van der Waals surface area contributed by atoms with E-state index in [1.807, 2.05) is 0 Å². The van der Waals surface area contributed by atoms with Crippen molar-refractivity contribution in [3.63, 3.8) is 0 Å². The van der Waals surface area contributed by atoms with Crippen molar-refractivity contribution in [2.45, 2.75) is 57.8 Å². The smallest absolute Gasteiger partial charge is 0.395 e. The van der Waals surface area contributed by atoms with Gasteiger partial charge in [-0.05, 0) is 55.2 Å². The molecule has 1 fully saturated rings. The monoisotopic (exact) mass is 416 g/mol. The van der Waals surface area contributed by atoms with Crippen LogP contribution in [-0.4, -0.2) is 11.4 Å². The fourth-order valence-electron chi connectivity index (χ4n) is 3.85. The van der Waals surface area contributed by atoms with Gasteiger partial charge in [-0.1, -0.05) is 42.3 Å². The molecular weight excluding hydrogens is 394 g/mol. The van der Waals surface area contributed by atoms with Gasteiger partial charge in [0, 0.05) is 10.0 Å². The van der Waals surface area contributed by atoms with Crippen molar-refractivity contribution in [1.29, 1.82) is 0 Å². The molecule has 0 aromatic heterocycles. The van der Waals surface area contributed by atoms with Gasteiger partial charge in [-0.25, -0.2) is 0 Å². The van der Waals surface area contributed by atoms with Gasteiger partial charge in [0.15, 0.2) is 11.5 Å². The number of rotatable bonds is 5. The summed E-state index contributed by atoms with van der Waals surface area (Å²) in [7, 11) is 0. The molecule has 1 heterocycles. The third-order valence-electron chi connectivity index (χ3n) is 5.23. The summed E-state index contributed by atoms with van der Waals surface area (Å²) in [6.45, 7) is 6.30. The van der Waals surface area contributed by atoms with Crippen molar-refractivity contribution >= 4 is 15.9 Å². The summed E-state index contributed by atoms with van der Waals surface area (Å²) in [6, 6.07) is 2.80. The Morgan fingerprint density at radius 3 is 2.48 bits per heavy atom. The number of alkyl halides is 2. The second kappa shape index (κ2) is 7.23. The lowest BCUT2D eigenvalue weighted by atomic mass is 9.75. The van der Waals surface area contributed by atoms with Gasteiger partial charge in [-0.15, -0.1) is 8.78 Å². The lowest BCUT2D eigenvalue weighted by Gasteiger charge is -2.31. The van der Waals surface area contributed by atoms with E-state index in [0.29, 0.717) is 10.0 Å². The lowest BCUT2D eigenvalue weighted by Crippen LogP contribution is -2.25. The van der Waals surface area contributed by atoms with E-state index in [2.05, 4.69) is 38.9 Å². The Labute approximate surface area is 155 Å². The zero-order valence-corrected chi connectivity index (χ0v) is 15.8. The molecule has 3 nitrogen and oxygen atoms in total. The summed E-state index contributed by atoms with van der Waals surface area (Å²) >= 11 is 3.33. The van der Waals surface area contributed by atoms with Crippen LogP contribution in [0.3, 0.4) is 0 Å². The molecule has 2 aliphatic rings. The molecule has 0 radical (unpaired) electrons. The molecule has 1 aliphatic heterocycles. The predicted octanol–water partition coefficient (Wildman–Crippen LogP) is 5.97. The van der Waals surface area contributed by atoms with Crippen molar-refractivity contribution in [1.82, 2.24) is 0 Å². The largest absolute Gasteiger partial charge is 0.586 e. The number of fused-ring (bicyclic) bond motifs is 1. The number of hydrogen-bond donors (Lipinski definition) is 1. The van der Waals surface area contributed by atoms with E-state index < -0.39 is 12.4 Å². The third-order valence-corrected chi connectivity index (χ3v) is 5.92. The van der Waals surface area contributed by atoms with Crippen molar-refractivity contribution in [3.8, 4) is 11.5 Å². The molecule has 1 aliphatic carbocycles. The highest BCUT2D eigenvalue weighted by atomic mass is 79.9. The van der Waals surface area contributed by atoms with Crippen molar-refractivity contribution in [2.75, 3.05) is 0 Å². The van der Waals surface area contributed by atoms with Gasteiger partial charge in [-0.3, -0.25) is 0 Å². The number of benzene rings is 1. The van der Waals surface area contributed by atoms with Crippen LogP contribution < -0.4 is 9.47 Å². The Morgan fingerprint density at radius 1 is 1.28 bits per heavy atom. The summed E-state index contributed by atoms with van der Waals surface area (Å²) in [5, 5.41) is 10.7. The molecule has 0 spiro atoms. The average molecular weight is 417 g/mol. The second-order valence-corrected chi connectivity index (χ2v) is 7.83. The normalized spacial score (nSPS) is 25.6. The third kappa shape index (κ3) is 4.00. The van der Waals surface area contributed by atoms with Crippen LogP contribution >= 0.6 is 15.9 Å². The summed E-state index contributed by atoms with van der Waals surface area (Å²) in [4.78, 5) is 0. The van der Waals surface area contributed by atoms with E-state index in [0.717, 1.165) is 37.2 Å². The number of halogens is 3. The standard InChI is InChI=1S/C19H23BrF2O3/c1-3-4-12-5-7-13(8-6-12)11(2)18(23)14-9-16-17(10-15(14)20)25-19(21,22)24-16/h9-10,12-13,18,23H,2-8H2,1H3. The Kier molecular flexibility index (Phi) is 5.40. The summed E-state index contributed by atoms with van der Waals surface area (Å²) in [5.74, 6) is 0.910. The van der Waals surface area contributed by atoms with Gasteiger partial charge >= 0.3 is 6.29 Å². The topological polar surface area (TPSA) is 38.7 Å². The van der Waals surface area contributed by atoms with Gasteiger partial charge in [0.1, 0.15) is 6.10 Å². The van der Waals surface area contributed by atoms with E-state index in [1.165, 1.54) is 25.0 Å². The molecule has 1 aromatic rings. The minimum absolute atomic E-state index is 0.0430. The molecular formula is C19H23BrF2O3. The molecule has 0 bridgehead atoms. The minimum atomic E-state index is -3.67. The van der Waals surface area contributed by atoms with Gasteiger partial charge in [0.25, 0.3) is 0 Å². The Morgan fingerprint density at radius 2 is 1.88 bits per heavy atom. The molecule has 3 rings (SSSR count). The van der Waals surface area contributed by atoms with Crippen LogP contribution in [0.5, 0.6) is 11.5 Å². The maximum absolute atomic E-state index is 13.2. The molecule has 0 amide bonds. The van der Waals surface area contributed by atoms with Crippen molar-refractivity contribution < 1.29 is 23.4 Å². The first-order chi connectivity index (χ1) is 11.8. The molecule has 1 saturated carbocycles. The highest BCUT2D eigenvalue weighted by molar-refractivity contribution is 9.10. The van der Waals surface area contributed by atoms with E-state index in [9.17, 15) is 13.9 Å². The summed E-state index contributed by atoms with van der Waals surface area (Å²) in [6.07, 6.45) is 2.20. The highest BCUT2D eigenvalue weighted by Gasteiger charge is 2.44. The molecule has 138 valence electrons.